The van der Waals surface area contributed by atoms with E-state index in [4.69, 9.17) is 5.73 Å². The van der Waals surface area contributed by atoms with Gasteiger partial charge in [-0.2, -0.15) is 0 Å². The van der Waals surface area contributed by atoms with Gasteiger partial charge in [0, 0.05) is 25.0 Å². The molecule has 1 fully saturated rings. The molecule has 2 rings (SSSR count). The summed E-state index contributed by atoms with van der Waals surface area (Å²) >= 11 is 0. The van der Waals surface area contributed by atoms with E-state index in [-0.39, 0.29) is 5.43 Å². The molecule has 2 N–H and O–H groups in total. The maximum absolute atomic E-state index is 11.1. The lowest BCUT2D eigenvalue weighted by Crippen LogP contribution is -2.24. The van der Waals surface area contributed by atoms with Gasteiger partial charge in [-0.15, -0.1) is 0 Å². The van der Waals surface area contributed by atoms with Crippen LogP contribution in [0.3, 0.4) is 0 Å². The number of hydrogen-bond acceptors (Lipinski definition) is 2. The Hall–Kier alpha value is -1.25. The normalized spacial score (nSPS) is 18.5. The summed E-state index contributed by atoms with van der Waals surface area (Å²) in [5.74, 6) is 1.55. The molecule has 1 atom stereocenters. The van der Waals surface area contributed by atoms with Crippen LogP contribution in [0.15, 0.2) is 23.3 Å². The average Bonchev–Trinajstić information content (AvgIpc) is 2.08. The van der Waals surface area contributed by atoms with Gasteiger partial charge >= 0.3 is 0 Å². The number of pyridine rings is 1. The van der Waals surface area contributed by atoms with Gasteiger partial charge in [0.05, 0.1) is 5.69 Å². The van der Waals surface area contributed by atoms with Crippen LogP contribution in [0.1, 0.15) is 26.2 Å². The van der Waals surface area contributed by atoms with E-state index in [0.29, 0.717) is 11.6 Å². The van der Waals surface area contributed by atoms with Crippen LogP contribution in [0, 0.1) is 11.8 Å². The molecule has 0 amide bonds. The predicted molar refractivity (Wildman–Crippen MR) is 61.6 cm³/mol. The highest BCUT2D eigenvalue weighted by Crippen LogP contribution is 2.33. The fourth-order valence-corrected chi connectivity index (χ4v) is 2.15. The average molecular weight is 206 g/mol. The predicted octanol–water partition coefficient (Wildman–Crippen LogP) is 1.87. The zero-order valence-corrected chi connectivity index (χ0v) is 9.15. The maximum atomic E-state index is 11.1. The molecule has 1 aliphatic carbocycles. The Labute approximate surface area is 89.9 Å². The van der Waals surface area contributed by atoms with Crippen molar-refractivity contribution in [3.63, 3.8) is 0 Å². The highest BCUT2D eigenvalue weighted by molar-refractivity contribution is 5.33. The smallest absolute Gasteiger partial charge is 0.204 e. The van der Waals surface area contributed by atoms with Gasteiger partial charge in [-0.3, -0.25) is 4.79 Å². The molecule has 0 saturated heterocycles. The lowest BCUT2D eigenvalue weighted by Gasteiger charge is -2.31. The van der Waals surface area contributed by atoms with Crippen molar-refractivity contribution in [2.45, 2.75) is 32.7 Å². The van der Waals surface area contributed by atoms with E-state index in [2.05, 4.69) is 6.92 Å². The summed E-state index contributed by atoms with van der Waals surface area (Å²) in [5.41, 5.74) is 5.85. The van der Waals surface area contributed by atoms with E-state index >= 15 is 0 Å². The fourth-order valence-electron chi connectivity index (χ4n) is 2.15. The Morgan fingerprint density at radius 2 is 2.33 bits per heavy atom. The Morgan fingerprint density at radius 1 is 1.60 bits per heavy atom. The molecule has 15 heavy (non-hydrogen) atoms. The largest absolute Gasteiger partial charge is 0.394 e. The molecule has 1 heterocycles. The highest BCUT2D eigenvalue weighted by Gasteiger charge is 2.23. The third kappa shape index (κ3) is 2.22. The van der Waals surface area contributed by atoms with Crippen molar-refractivity contribution < 1.29 is 0 Å². The van der Waals surface area contributed by atoms with E-state index in [9.17, 15) is 4.79 Å². The monoisotopic (exact) mass is 206 g/mol. The molecule has 1 aromatic heterocycles. The third-order valence-electron chi connectivity index (χ3n) is 3.46. The Balaban J connectivity index is 2.03. The molecule has 82 valence electrons. The van der Waals surface area contributed by atoms with Crippen molar-refractivity contribution in [3.05, 3.63) is 28.7 Å². The molecular formula is C12H18N2O. The lowest BCUT2D eigenvalue weighted by molar-refractivity contribution is 0.201. The maximum Gasteiger partial charge on any atom is 0.204 e. The van der Waals surface area contributed by atoms with Crippen LogP contribution in [0.4, 0.5) is 5.69 Å². The number of hydrogen-bond donors (Lipinski definition) is 1. The summed E-state index contributed by atoms with van der Waals surface area (Å²) in [6.07, 6.45) is 7.67. The molecule has 0 aliphatic heterocycles. The van der Waals surface area contributed by atoms with Crippen LogP contribution in [0.25, 0.3) is 0 Å². The first kappa shape index (κ1) is 10.3. The van der Waals surface area contributed by atoms with Gasteiger partial charge in [0.2, 0.25) is 5.43 Å². The Morgan fingerprint density at radius 3 is 2.87 bits per heavy atom. The molecule has 3 heteroatoms. The van der Waals surface area contributed by atoms with Gasteiger partial charge < -0.3 is 10.3 Å². The minimum Gasteiger partial charge on any atom is -0.394 e. The van der Waals surface area contributed by atoms with Crippen LogP contribution in [-0.4, -0.2) is 4.57 Å². The number of anilines is 1. The number of nitrogens with two attached hydrogens (primary N) is 1. The van der Waals surface area contributed by atoms with Gasteiger partial charge in [0.1, 0.15) is 0 Å². The third-order valence-corrected chi connectivity index (χ3v) is 3.46. The molecule has 0 spiro atoms. The van der Waals surface area contributed by atoms with E-state index < -0.39 is 0 Å². The highest BCUT2D eigenvalue weighted by atomic mass is 16.1. The number of rotatable bonds is 3. The number of nitrogen functional groups attached to an aromatic ring is 1. The van der Waals surface area contributed by atoms with Gasteiger partial charge in [-0.1, -0.05) is 26.2 Å². The van der Waals surface area contributed by atoms with Crippen molar-refractivity contribution >= 4 is 5.69 Å². The molecule has 1 aliphatic rings. The molecule has 0 radical (unpaired) electrons. The van der Waals surface area contributed by atoms with Crippen LogP contribution >= 0.6 is 0 Å². The fraction of sp³-hybridized carbons (Fsp3) is 0.583. The van der Waals surface area contributed by atoms with E-state index in [0.717, 1.165) is 12.5 Å². The van der Waals surface area contributed by atoms with Crippen molar-refractivity contribution in [2.75, 3.05) is 5.73 Å². The summed E-state index contributed by atoms with van der Waals surface area (Å²) in [5, 5.41) is 0. The molecule has 1 aromatic rings. The summed E-state index contributed by atoms with van der Waals surface area (Å²) in [7, 11) is 0. The van der Waals surface area contributed by atoms with Crippen LogP contribution in [0.2, 0.25) is 0 Å². The standard InChI is InChI=1S/C12H18N2O/c1-9(10-3-2-4-10)7-14-6-5-12(15)11(13)8-14/h5-6,8-10H,2-4,7,13H2,1H3. The van der Waals surface area contributed by atoms with E-state index in [1.807, 2.05) is 10.8 Å². The van der Waals surface area contributed by atoms with Crippen molar-refractivity contribution in [3.8, 4) is 0 Å². The molecule has 3 nitrogen and oxygen atoms in total. The minimum atomic E-state index is -0.0810. The van der Waals surface area contributed by atoms with Crippen LogP contribution in [-0.2, 0) is 6.54 Å². The van der Waals surface area contributed by atoms with Gasteiger partial charge in [-0.25, -0.2) is 0 Å². The molecule has 0 bridgehead atoms. The second kappa shape index (κ2) is 4.09. The first-order valence-corrected chi connectivity index (χ1v) is 5.62. The van der Waals surface area contributed by atoms with Gasteiger partial charge in [0.15, 0.2) is 0 Å². The summed E-state index contributed by atoms with van der Waals surface area (Å²) in [6, 6.07) is 1.54. The second-order valence-corrected chi connectivity index (χ2v) is 4.63. The summed E-state index contributed by atoms with van der Waals surface area (Å²) in [6.45, 7) is 3.24. The van der Waals surface area contributed by atoms with Crippen molar-refractivity contribution in [1.29, 1.82) is 0 Å². The van der Waals surface area contributed by atoms with Crippen molar-refractivity contribution in [1.82, 2.24) is 4.57 Å². The second-order valence-electron chi connectivity index (χ2n) is 4.63. The number of aromatic nitrogens is 1. The molecule has 1 saturated carbocycles. The van der Waals surface area contributed by atoms with E-state index in [1.54, 1.807) is 12.3 Å². The quantitative estimate of drug-likeness (QED) is 0.820. The SMILES string of the molecule is CC(Cn1ccc(=O)c(N)c1)C1CCC1. The summed E-state index contributed by atoms with van der Waals surface area (Å²) < 4.78 is 2.03. The Kier molecular flexibility index (Phi) is 2.80. The van der Waals surface area contributed by atoms with Crippen molar-refractivity contribution in [2.24, 2.45) is 11.8 Å². The van der Waals surface area contributed by atoms with Gasteiger partial charge in [0.25, 0.3) is 0 Å². The topological polar surface area (TPSA) is 48.0 Å². The lowest BCUT2D eigenvalue weighted by atomic mass is 9.77. The van der Waals surface area contributed by atoms with E-state index in [1.165, 1.54) is 19.3 Å². The van der Waals surface area contributed by atoms with Gasteiger partial charge in [-0.05, 0) is 11.8 Å². The Bertz CT molecular complexity index is 393. The molecule has 1 unspecified atom stereocenters. The molecule has 0 aromatic carbocycles. The summed E-state index contributed by atoms with van der Waals surface area (Å²) in [4.78, 5) is 11.1. The molecular weight excluding hydrogens is 188 g/mol. The van der Waals surface area contributed by atoms with Crippen LogP contribution < -0.4 is 11.2 Å². The zero-order valence-electron chi connectivity index (χ0n) is 9.15. The number of nitrogens with zero attached hydrogens (tertiary/aromatic N) is 1. The zero-order chi connectivity index (χ0) is 10.8. The van der Waals surface area contributed by atoms with Crippen LogP contribution in [0.5, 0.6) is 0 Å². The first-order chi connectivity index (χ1) is 7.16. The first-order valence-electron chi connectivity index (χ1n) is 5.62. The minimum absolute atomic E-state index is 0.0810.